The van der Waals surface area contributed by atoms with E-state index in [1.807, 2.05) is 38.2 Å². The Kier molecular flexibility index (Phi) is 7.48. The lowest BCUT2D eigenvalue weighted by Crippen LogP contribution is -2.31. The predicted molar refractivity (Wildman–Crippen MR) is 145 cm³/mol. The molecule has 186 valence electrons. The molecule has 4 heterocycles. The van der Waals surface area contributed by atoms with Crippen molar-refractivity contribution in [3.63, 3.8) is 0 Å². The van der Waals surface area contributed by atoms with Crippen LogP contribution in [-0.4, -0.2) is 31.0 Å². The minimum absolute atomic E-state index is 0.0483. The van der Waals surface area contributed by atoms with E-state index in [9.17, 15) is 4.79 Å². The summed E-state index contributed by atoms with van der Waals surface area (Å²) in [6.07, 6.45) is 9.28. The van der Waals surface area contributed by atoms with Gasteiger partial charge >= 0.3 is 0 Å². The van der Waals surface area contributed by atoms with Crippen LogP contribution in [0.4, 0.5) is 0 Å². The van der Waals surface area contributed by atoms with Crippen molar-refractivity contribution in [2.45, 2.75) is 47.1 Å². The Balaban J connectivity index is 1.69. The number of nitrogens with zero attached hydrogens (tertiary/aromatic N) is 5. The van der Waals surface area contributed by atoms with Crippen molar-refractivity contribution in [1.82, 2.24) is 24.4 Å². The summed E-state index contributed by atoms with van der Waals surface area (Å²) in [6.45, 7) is 9.78. The van der Waals surface area contributed by atoms with Crippen LogP contribution in [0.25, 0.3) is 11.1 Å². The van der Waals surface area contributed by atoms with Gasteiger partial charge in [0.2, 0.25) is 0 Å². The largest absolute Gasteiger partial charge is 0.404 e. The van der Waals surface area contributed by atoms with Gasteiger partial charge in [-0.05, 0) is 62.1 Å². The van der Waals surface area contributed by atoms with Gasteiger partial charge in [0.25, 0.3) is 5.56 Å². The maximum atomic E-state index is 12.4. The molecule has 0 bridgehead atoms. The van der Waals surface area contributed by atoms with Crippen LogP contribution in [0.2, 0.25) is 0 Å². The molecule has 3 aromatic rings. The van der Waals surface area contributed by atoms with E-state index in [0.717, 1.165) is 65.3 Å². The molecule has 0 amide bonds. The van der Waals surface area contributed by atoms with Crippen LogP contribution in [0, 0.1) is 6.92 Å². The van der Waals surface area contributed by atoms with Crippen LogP contribution in [0.5, 0.6) is 0 Å². The number of rotatable bonds is 6. The number of fused-ring (bicyclic) bond motifs is 1. The zero-order chi connectivity index (χ0) is 25.8. The Hall–Kier alpha value is -4.00. The second-order valence-corrected chi connectivity index (χ2v) is 9.16. The third-order valence-corrected chi connectivity index (χ3v) is 6.74. The van der Waals surface area contributed by atoms with Crippen molar-refractivity contribution >= 4 is 11.1 Å². The van der Waals surface area contributed by atoms with E-state index in [0.29, 0.717) is 5.82 Å². The second kappa shape index (κ2) is 10.7. The van der Waals surface area contributed by atoms with Crippen LogP contribution in [0.1, 0.15) is 61.2 Å². The molecule has 2 N–H and O–H groups in total. The summed E-state index contributed by atoms with van der Waals surface area (Å²) < 4.78 is 1.62. The second-order valence-electron chi connectivity index (χ2n) is 9.16. The molecule has 0 fully saturated rings. The SMILES string of the molecule is CC/C=C(/C(C)=C(/C)c1nc(C)cc(=O)n1C)N1CCc2ncc(/C(=C/N)c3ccccn3)cc2C1. The van der Waals surface area contributed by atoms with Crippen molar-refractivity contribution in [3.05, 3.63) is 111 Å². The van der Waals surface area contributed by atoms with Crippen molar-refractivity contribution < 1.29 is 0 Å². The van der Waals surface area contributed by atoms with Gasteiger partial charge in [-0.2, -0.15) is 0 Å². The van der Waals surface area contributed by atoms with Crippen molar-refractivity contribution in [2.75, 3.05) is 6.54 Å². The molecule has 0 aromatic carbocycles. The summed E-state index contributed by atoms with van der Waals surface area (Å²) in [5.74, 6) is 0.703. The molecule has 0 saturated carbocycles. The maximum absolute atomic E-state index is 12.4. The first-order chi connectivity index (χ1) is 17.3. The van der Waals surface area contributed by atoms with Crippen molar-refractivity contribution in [3.8, 4) is 0 Å². The first-order valence-corrected chi connectivity index (χ1v) is 12.3. The van der Waals surface area contributed by atoms with E-state index in [1.165, 1.54) is 11.3 Å². The average Bonchev–Trinajstić information content (AvgIpc) is 2.89. The molecule has 0 spiro atoms. The summed E-state index contributed by atoms with van der Waals surface area (Å²) in [5.41, 5.74) is 14.9. The topological polar surface area (TPSA) is 89.9 Å². The maximum Gasteiger partial charge on any atom is 0.253 e. The minimum atomic E-state index is -0.0483. The molecule has 7 heteroatoms. The number of hydrogen-bond acceptors (Lipinski definition) is 6. The monoisotopic (exact) mass is 482 g/mol. The van der Waals surface area contributed by atoms with Crippen LogP contribution in [0.15, 0.2) is 71.1 Å². The number of hydrogen-bond donors (Lipinski definition) is 1. The molecule has 1 aliphatic rings. The quantitative estimate of drug-likeness (QED) is 0.525. The highest BCUT2D eigenvalue weighted by Gasteiger charge is 2.23. The fraction of sp³-hybridized carbons (Fsp3) is 0.310. The van der Waals surface area contributed by atoms with Crippen LogP contribution in [-0.2, 0) is 20.0 Å². The lowest BCUT2D eigenvalue weighted by Gasteiger charge is -2.33. The summed E-state index contributed by atoms with van der Waals surface area (Å²) >= 11 is 0. The predicted octanol–water partition coefficient (Wildman–Crippen LogP) is 4.37. The van der Waals surface area contributed by atoms with Crippen LogP contribution < -0.4 is 11.3 Å². The van der Waals surface area contributed by atoms with E-state index < -0.39 is 0 Å². The number of allylic oxidation sites excluding steroid dienone is 3. The van der Waals surface area contributed by atoms with E-state index in [1.54, 1.807) is 30.1 Å². The summed E-state index contributed by atoms with van der Waals surface area (Å²) in [5, 5.41) is 0. The number of nitrogens with two attached hydrogens (primary N) is 1. The van der Waals surface area contributed by atoms with Crippen molar-refractivity contribution in [1.29, 1.82) is 0 Å². The lowest BCUT2D eigenvalue weighted by atomic mass is 9.97. The molecule has 4 rings (SSSR count). The third kappa shape index (κ3) is 5.00. The fourth-order valence-electron chi connectivity index (χ4n) is 4.69. The molecule has 1 aliphatic heterocycles. The van der Waals surface area contributed by atoms with Crippen LogP contribution in [0.3, 0.4) is 0 Å². The molecule has 0 unspecified atom stereocenters. The van der Waals surface area contributed by atoms with E-state index >= 15 is 0 Å². The molecule has 0 saturated heterocycles. The summed E-state index contributed by atoms with van der Waals surface area (Å²) in [7, 11) is 1.78. The van der Waals surface area contributed by atoms with Gasteiger partial charge in [0.15, 0.2) is 0 Å². The average molecular weight is 483 g/mol. The summed E-state index contributed by atoms with van der Waals surface area (Å²) in [6, 6.07) is 9.55. The molecule has 36 heavy (non-hydrogen) atoms. The molecule has 0 radical (unpaired) electrons. The Morgan fingerprint density at radius 2 is 2.00 bits per heavy atom. The van der Waals surface area contributed by atoms with Gasteiger partial charge in [-0.15, -0.1) is 0 Å². The van der Waals surface area contributed by atoms with Gasteiger partial charge in [0.1, 0.15) is 5.82 Å². The number of aryl methyl sites for hydroxylation is 1. The smallest absolute Gasteiger partial charge is 0.253 e. The zero-order valence-electron chi connectivity index (χ0n) is 21.7. The molecule has 0 atom stereocenters. The summed E-state index contributed by atoms with van der Waals surface area (Å²) in [4.78, 5) is 28.7. The van der Waals surface area contributed by atoms with Gasteiger partial charge in [0, 0.05) is 79.4 Å². The van der Waals surface area contributed by atoms with E-state index in [-0.39, 0.29) is 5.56 Å². The van der Waals surface area contributed by atoms with Gasteiger partial charge in [-0.25, -0.2) is 4.98 Å². The Morgan fingerprint density at radius 3 is 2.69 bits per heavy atom. The lowest BCUT2D eigenvalue weighted by molar-refractivity contribution is 0.324. The standard InChI is InChI=1S/C29H34N6O/c1-6-9-27(20(3)21(4)29-33-19(2)14-28(36)34(29)5)35-13-11-25-23(18-35)15-22(17-32-25)24(16-30)26-10-7-8-12-31-26/h7-10,12,14-17H,6,11,13,18,30H2,1-5H3/b21-20-,24-16-,27-9-. The Labute approximate surface area is 212 Å². The molecule has 7 nitrogen and oxygen atoms in total. The fourth-order valence-corrected chi connectivity index (χ4v) is 4.69. The molecule has 0 aliphatic carbocycles. The number of aromatic nitrogens is 4. The van der Waals surface area contributed by atoms with Gasteiger partial charge in [0.05, 0.1) is 5.69 Å². The first kappa shape index (κ1) is 25.1. The van der Waals surface area contributed by atoms with Crippen LogP contribution >= 0.6 is 0 Å². The first-order valence-electron chi connectivity index (χ1n) is 12.3. The Bertz CT molecular complexity index is 1420. The highest BCUT2D eigenvalue weighted by atomic mass is 16.1. The van der Waals surface area contributed by atoms with E-state index in [4.69, 9.17) is 10.7 Å². The van der Waals surface area contributed by atoms with Crippen molar-refractivity contribution in [2.24, 2.45) is 12.8 Å². The van der Waals surface area contributed by atoms with Gasteiger partial charge in [-0.1, -0.05) is 19.1 Å². The highest BCUT2D eigenvalue weighted by molar-refractivity contribution is 5.77. The van der Waals surface area contributed by atoms with Gasteiger partial charge < -0.3 is 10.6 Å². The Morgan fingerprint density at radius 1 is 1.19 bits per heavy atom. The highest BCUT2D eigenvalue weighted by Crippen LogP contribution is 2.30. The third-order valence-electron chi connectivity index (χ3n) is 6.74. The number of pyridine rings is 2. The van der Waals surface area contributed by atoms with E-state index in [2.05, 4.69) is 40.9 Å². The van der Waals surface area contributed by atoms with Gasteiger partial charge in [-0.3, -0.25) is 19.3 Å². The molecular weight excluding hydrogens is 448 g/mol. The zero-order valence-corrected chi connectivity index (χ0v) is 21.7. The normalized spacial score (nSPS) is 15.0. The molecule has 3 aromatic heterocycles. The minimum Gasteiger partial charge on any atom is -0.404 e. The molecular formula is C29H34N6O.